The van der Waals surface area contributed by atoms with Gasteiger partial charge in [0.25, 0.3) is 0 Å². The van der Waals surface area contributed by atoms with Crippen molar-refractivity contribution in [2.45, 2.75) is 32.2 Å². The third-order valence-electron chi connectivity index (χ3n) is 3.05. The van der Waals surface area contributed by atoms with Gasteiger partial charge in [0.1, 0.15) is 11.6 Å². The van der Waals surface area contributed by atoms with Gasteiger partial charge >= 0.3 is 0 Å². The maximum Gasteiger partial charge on any atom is 0.128 e. The maximum atomic E-state index is 13.6. The molecule has 1 aliphatic rings. The molecule has 1 unspecified atom stereocenters. The molecule has 0 radical (unpaired) electrons. The third-order valence-corrected chi connectivity index (χ3v) is 3.05. The smallest absolute Gasteiger partial charge is 0.128 e. The summed E-state index contributed by atoms with van der Waals surface area (Å²) in [5.41, 5.74) is 0.466. The van der Waals surface area contributed by atoms with E-state index in [0.717, 1.165) is 13.0 Å². The molecular weight excluding hydrogens is 208 g/mol. The lowest BCUT2D eigenvalue weighted by Crippen LogP contribution is -2.22. The van der Waals surface area contributed by atoms with Crippen LogP contribution in [0.4, 0.5) is 8.78 Å². The van der Waals surface area contributed by atoms with Gasteiger partial charge in [0.05, 0.1) is 0 Å². The molecule has 16 heavy (non-hydrogen) atoms. The van der Waals surface area contributed by atoms with E-state index in [2.05, 4.69) is 5.32 Å². The topological polar surface area (TPSA) is 12.0 Å². The molecule has 1 aromatic rings. The standard InChI is InChI=1S/C13H17F2N/c1-2-16-13(7-9-3-4-9)11-8-10(14)5-6-12(11)15/h5-6,8-9,13,16H,2-4,7H2,1H3. The molecule has 3 heteroatoms. The van der Waals surface area contributed by atoms with Crippen LogP contribution < -0.4 is 5.32 Å². The van der Waals surface area contributed by atoms with Gasteiger partial charge in [-0.2, -0.15) is 0 Å². The van der Waals surface area contributed by atoms with E-state index in [4.69, 9.17) is 0 Å². The van der Waals surface area contributed by atoms with Crippen molar-refractivity contribution in [1.82, 2.24) is 5.32 Å². The van der Waals surface area contributed by atoms with Crippen LogP contribution in [-0.2, 0) is 0 Å². The molecule has 1 N–H and O–H groups in total. The van der Waals surface area contributed by atoms with Crippen LogP contribution in [0.3, 0.4) is 0 Å². The summed E-state index contributed by atoms with van der Waals surface area (Å²) in [4.78, 5) is 0. The van der Waals surface area contributed by atoms with E-state index in [0.29, 0.717) is 11.5 Å². The summed E-state index contributed by atoms with van der Waals surface area (Å²) in [6, 6.07) is 3.64. The van der Waals surface area contributed by atoms with Crippen LogP contribution >= 0.6 is 0 Å². The number of halogens is 2. The molecule has 0 saturated heterocycles. The first-order valence-electron chi connectivity index (χ1n) is 5.89. The molecular formula is C13H17F2N. The Labute approximate surface area is 94.9 Å². The lowest BCUT2D eigenvalue weighted by molar-refractivity contribution is 0.459. The highest BCUT2D eigenvalue weighted by molar-refractivity contribution is 5.22. The van der Waals surface area contributed by atoms with Gasteiger partial charge in [-0.1, -0.05) is 19.8 Å². The number of rotatable bonds is 5. The minimum absolute atomic E-state index is 0.0480. The van der Waals surface area contributed by atoms with Crippen molar-refractivity contribution in [1.29, 1.82) is 0 Å². The first-order valence-corrected chi connectivity index (χ1v) is 5.89. The van der Waals surface area contributed by atoms with E-state index in [1.165, 1.54) is 31.0 Å². The van der Waals surface area contributed by atoms with E-state index in [1.54, 1.807) is 0 Å². The second kappa shape index (κ2) is 4.91. The van der Waals surface area contributed by atoms with Crippen molar-refractivity contribution in [2.75, 3.05) is 6.54 Å². The van der Waals surface area contributed by atoms with Crippen LogP contribution in [0.25, 0.3) is 0 Å². The van der Waals surface area contributed by atoms with E-state index in [9.17, 15) is 8.78 Å². The summed E-state index contributed by atoms with van der Waals surface area (Å²) in [5.74, 6) is 0.00909. The molecule has 2 rings (SSSR count). The molecule has 0 aliphatic heterocycles. The number of hydrogen-bond acceptors (Lipinski definition) is 1. The van der Waals surface area contributed by atoms with E-state index < -0.39 is 0 Å². The number of hydrogen-bond donors (Lipinski definition) is 1. The highest BCUT2D eigenvalue weighted by atomic mass is 19.1. The van der Waals surface area contributed by atoms with Crippen molar-refractivity contribution in [3.05, 3.63) is 35.4 Å². The van der Waals surface area contributed by atoms with Gasteiger partial charge in [-0.25, -0.2) is 8.78 Å². The molecule has 0 amide bonds. The summed E-state index contributed by atoms with van der Waals surface area (Å²) in [7, 11) is 0. The second-order valence-corrected chi connectivity index (χ2v) is 4.46. The Hall–Kier alpha value is -0.960. The Morgan fingerprint density at radius 1 is 1.38 bits per heavy atom. The fourth-order valence-corrected chi connectivity index (χ4v) is 2.04. The summed E-state index contributed by atoms with van der Waals surface area (Å²) < 4.78 is 26.7. The predicted octanol–water partition coefficient (Wildman–Crippen LogP) is 3.42. The molecule has 0 aromatic heterocycles. The molecule has 88 valence electrons. The predicted molar refractivity (Wildman–Crippen MR) is 60.1 cm³/mol. The lowest BCUT2D eigenvalue weighted by atomic mass is 10.0. The van der Waals surface area contributed by atoms with Gasteiger partial charge in [0.15, 0.2) is 0 Å². The Morgan fingerprint density at radius 3 is 2.75 bits per heavy atom. The Morgan fingerprint density at radius 2 is 2.12 bits per heavy atom. The van der Waals surface area contributed by atoms with Crippen LogP contribution in [0.5, 0.6) is 0 Å². The first kappa shape index (κ1) is 11.5. The minimum Gasteiger partial charge on any atom is -0.310 e. The summed E-state index contributed by atoms with van der Waals surface area (Å²) in [6.07, 6.45) is 3.35. The van der Waals surface area contributed by atoms with Gasteiger partial charge in [-0.15, -0.1) is 0 Å². The molecule has 1 aliphatic carbocycles. The molecule has 1 nitrogen and oxygen atoms in total. The minimum atomic E-state index is -0.366. The zero-order valence-corrected chi connectivity index (χ0v) is 9.47. The quantitative estimate of drug-likeness (QED) is 0.809. The molecule has 1 aromatic carbocycles. The van der Waals surface area contributed by atoms with Crippen molar-refractivity contribution in [3.8, 4) is 0 Å². The van der Waals surface area contributed by atoms with Crippen LogP contribution in [0.1, 0.15) is 37.8 Å². The van der Waals surface area contributed by atoms with Crippen molar-refractivity contribution in [3.63, 3.8) is 0 Å². The Bertz CT molecular complexity index is 361. The SMILES string of the molecule is CCNC(CC1CC1)c1cc(F)ccc1F. The largest absolute Gasteiger partial charge is 0.310 e. The first-order chi connectivity index (χ1) is 7.70. The van der Waals surface area contributed by atoms with Crippen molar-refractivity contribution in [2.24, 2.45) is 5.92 Å². The van der Waals surface area contributed by atoms with Gasteiger partial charge < -0.3 is 5.32 Å². The molecule has 1 fully saturated rings. The van der Waals surface area contributed by atoms with Gasteiger partial charge in [0.2, 0.25) is 0 Å². The zero-order chi connectivity index (χ0) is 11.5. The average Bonchev–Trinajstić information content (AvgIpc) is 3.05. The van der Waals surface area contributed by atoms with Crippen LogP contribution in [0.15, 0.2) is 18.2 Å². The normalized spacial score (nSPS) is 17.4. The molecule has 1 saturated carbocycles. The van der Waals surface area contributed by atoms with E-state index >= 15 is 0 Å². The summed E-state index contributed by atoms with van der Waals surface area (Å²) >= 11 is 0. The third kappa shape index (κ3) is 2.79. The highest BCUT2D eigenvalue weighted by Gasteiger charge is 2.27. The monoisotopic (exact) mass is 225 g/mol. The molecule has 0 spiro atoms. The molecule has 0 bridgehead atoms. The Kier molecular flexibility index (Phi) is 3.54. The number of benzene rings is 1. The highest BCUT2D eigenvalue weighted by Crippen LogP contribution is 2.38. The lowest BCUT2D eigenvalue weighted by Gasteiger charge is -2.18. The van der Waals surface area contributed by atoms with Crippen LogP contribution in [-0.4, -0.2) is 6.54 Å². The van der Waals surface area contributed by atoms with Crippen LogP contribution in [0, 0.1) is 17.6 Å². The fraction of sp³-hybridized carbons (Fsp3) is 0.538. The summed E-state index contributed by atoms with van der Waals surface area (Å²) in [5, 5.41) is 3.23. The summed E-state index contributed by atoms with van der Waals surface area (Å²) in [6.45, 7) is 2.75. The van der Waals surface area contributed by atoms with Gasteiger partial charge in [-0.05, 0) is 37.1 Å². The average molecular weight is 225 g/mol. The van der Waals surface area contributed by atoms with Crippen molar-refractivity contribution < 1.29 is 8.78 Å². The molecule has 1 atom stereocenters. The van der Waals surface area contributed by atoms with Gasteiger partial charge in [0, 0.05) is 11.6 Å². The molecule has 0 heterocycles. The second-order valence-electron chi connectivity index (χ2n) is 4.46. The van der Waals surface area contributed by atoms with E-state index in [-0.39, 0.29) is 17.7 Å². The zero-order valence-electron chi connectivity index (χ0n) is 9.47. The fourth-order valence-electron chi connectivity index (χ4n) is 2.04. The van der Waals surface area contributed by atoms with Crippen molar-refractivity contribution >= 4 is 0 Å². The maximum absolute atomic E-state index is 13.6. The van der Waals surface area contributed by atoms with Gasteiger partial charge in [-0.3, -0.25) is 0 Å². The number of nitrogens with one attached hydrogen (secondary N) is 1. The Balaban J connectivity index is 2.18. The van der Waals surface area contributed by atoms with Crippen LogP contribution in [0.2, 0.25) is 0 Å². The van der Waals surface area contributed by atoms with E-state index in [1.807, 2.05) is 6.92 Å².